The normalized spacial score (nSPS) is 10.1. The van der Waals surface area contributed by atoms with Crippen molar-refractivity contribution in [2.75, 3.05) is 13.2 Å². The Bertz CT molecular complexity index is 466. The van der Waals surface area contributed by atoms with E-state index >= 15 is 0 Å². The molecule has 0 bridgehead atoms. The van der Waals surface area contributed by atoms with Crippen LogP contribution in [0.4, 0.5) is 5.69 Å². The van der Waals surface area contributed by atoms with E-state index < -0.39 is 4.92 Å². The molecule has 5 heteroatoms. The second-order valence-corrected chi connectivity index (χ2v) is 4.43. The van der Waals surface area contributed by atoms with Gasteiger partial charge in [0.15, 0.2) is 5.75 Å². The van der Waals surface area contributed by atoms with Crippen molar-refractivity contribution in [2.24, 2.45) is 0 Å². The predicted octanol–water partition coefficient (Wildman–Crippen LogP) is 3.05. The standard InChI is InChI=1S/C14H20N2O3/c1-4-15-10-12-5-6-13(16(17)18)14(9-12)19-8-7-11(2)3/h5-7,9,15H,4,8,10H2,1-3H3. The second kappa shape index (κ2) is 7.53. The van der Waals surface area contributed by atoms with Gasteiger partial charge in [-0.25, -0.2) is 0 Å². The first-order valence-corrected chi connectivity index (χ1v) is 6.28. The SMILES string of the molecule is CCNCc1ccc([N+](=O)[O-])c(OCC=C(C)C)c1. The van der Waals surface area contributed by atoms with Crippen molar-refractivity contribution in [1.82, 2.24) is 5.32 Å². The Kier molecular flexibility index (Phi) is 6.02. The molecule has 0 unspecified atom stereocenters. The van der Waals surface area contributed by atoms with Crippen LogP contribution in [-0.2, 0) is 6.54 Å². The van der Waals surface area contributed by atoms with Crippen molar-refractivity contribution < 1.29 is 9.66 Å². The van der Waals surface area contributed by atoms with E-state index in [1.54, 1.807) is 12.1 Å². The molecule has 0 saturated heterocycles. The zero-order valence-corrected chi connectivity index (χ0v) is 11.6. The molecule has 0 aliphatic rings. The summed E-state index contributed by atoms with van der Waals surface area (Å²) >= 11 is 0. The average Bonchev–Trinajstić information content (AvgIpc) is 2.35. The molecule has 19 heavy (non-hydrogen) atoms. The highest BCUT2D eigenvalue weighted by Gasteiger charge is 2.15. The Morgan fingerprint density at radius 1 is 1.47 bits per heavy atom. The Morgan fingerprint density at radius 3 is 2.79 bits per heavy atom. The zero-order chi connectivity index (χ0) is 14.3. The van der Waals surface area contributed by atoms with Crippen molar-refractivity contribution >= 4 is 5.69 Å². The number of rotatable bonds is 7. The summed E-state index contributed by atoms with van der Waals surface area (Å²) in [4.78, 5) is 10.5. The van der Waals surface area contributed by atoms with Crippen LogP contribution in [0.5, 0.6) is 5.75 Å². The fraction of sp³-hybridized carbons (Fsp3) is 0.429. The number of allylic oxidation sites excluding steroid dienone is 1. The molecule has 0 heterocycles. The largest absolute Gasteiger partial charge is 0.483 e. The van der Waals surface area contributed by atoms with Crippen LogP contribution in [-0.4, -0.2) is 18.1 Å². The summed E-state index contributed by atoms with van der Waals surface area (Å²) < 4.78 is 5.48. The van der Waals surface area contributed by atoms with E-state index in [1.807, 2.05) is 26.8 Å². The predicted molar refractivity (Wildman–Crippen MR) is 75.4 cm³/mol. The van der Waals surface area contributed by atoms with Crippen molar-refractivity contribution in [3.05, 3.63) is 45.5 Å². The first-order valence-electron chi connectivity index (χ1n) is 6.28. The van der Waals surface area contributed by atoms with Gasteiger partial charge in [0.2, 0.25) is 0 Å². The molecule has 0 saturated carbocycles. The summed E-state index contributed by atoms with van der Waals surface area (Å²) in [7, 11) is 0. The summed E-state index contributed by atoms with van der Waals surface area (Å²) in [6.07, 6.45) is 1.89. The van der Waals surface area contributed by atoms with E-state index in [0.717, 1.165) is 17.7 Å². The highest BCUT2D eigenvalue weighted by molar-refractivity contribution is 5.48. The van der Waals surface area contributed by atoms with Gasteiger partial charge in [0.25, 0.3) is 0 Å². The van der Waals surface area contributed by atoms with Crippen molar-refractivity contribution in [3.8, 4) is 5.75 Å². The summed E-state index contributed by atoms with van der Waals surface area (Å²) in [5, 5.41) is 14.1. The molecule has 1 aromatic carbocycles. The van der Waals surface area contributed by atoms with Gasteiger partial charge in [-0.05, 0) is 38.1 Å². The Morgan fingerprint density at radius 2 is 2.21 bits per heavy atom. The lowest BCUT2D eigenvalue weighted by Gasteiger charge is -2.08. The number of ether oxygens (including phenoxy) is 1. The highest BCUT2D eigenvalue weighted by Crippen LogP contribution is 2.28. The molecule has 0 aliphatic carbocycles. The van der Waals surface area contributed by atoms with E-state index in [4.69, 9.17) is 4.74 Å². The molecular formula is C14H20N2O3. The fourth-order valence-corrected chi connectivity index (χ4v) is 1.50. The quantitative estimate of drug-likeness (QED) is 0.467. The van der Waals surface area contributed by atoms with Crippen LogP contribution in [0.1, 0.15) is 26.3 Å². The molecule has 5 nitrogen and oxygen atoms in total. The maximum absolute atomic E-state index is 10.9. The van der Waals surface area contributed by atoms with Gasteiger partial charge < -0.3 is 10.1 Å². The van der Waals surface area contributed by atoms with E-state index in [-0.39, 0.29) is 5.69 Å². The van der Waals surface area contributed by atoms with E-state index in [1.165, 1.54) is 6.07 Å². The maximum atomic E-state index is 10.9. The van der Waals surface area contributed by atoms with Crippen LogP contribution in [0.25, 0.3) is 0 Å². The number of hydrogen-bond donors (Lipinski definition) is 1. The van der Waals surface area contributed by atoms with Crippen LogP contribution in [0, 0.1) is 10.1 Å². The maximum Gasteiger partial charge on any atom is 0.310 e. The molecule has 1 aromatic rings. The number of benzene rings is 1. The minimum absolute atomic E-state index is 0.00223. The first kappa shape index (κ1) is 15.2. The molecule has 0 radical (unpaired) electrons. The lowest BCUT2D eigenvalue weighted by molar-refractivity contribution is -0.385. The Hall–Kier alpha value is -1.88. The smallest absolute Gasteiger partial charge is 0.310 e. The van der Waals surface area contributed by atoms with Crippen molar-refractivity contribution in [2.45, 2.75) is 27.3 Å². The third-order valence-corrected chi connectivity index (χ3v) is 2.53. The van der Waals surface area contributed by atoms with Crippen LogP contribution in [0.15, 0.2) is 29.8 Å². The van der Waals surface area contributed by atoms with E-state index in [9.17, 15) is 10.1 Å². The van der Waals surface area contributed by atoms with Gasteiger partial charge >= 0.3 is 5.69 Å². The lowest BCUT2D eigenvalue weighted by Crippen LogP contribution is -2.12. The number of hydrogen-bond acceptors (Lipinski definition) is 4. The average molecular weight is 264 g/mol. The molecule has 0 amide bonds. The molecule has 1 rings (SSSR count). The van der Waals surface area contributed by atoms with Gasteiger partial charge in [-0.3, -0.25) is 10.1 Å². The van der Waals surface area contributed by atoms with Crippen LogP contribution >= 0.6 is 0 Å². The molecule has 0 atom stereocenters. The summed E-state index contributed by atoms with van der Waals surface area (Å²) in [6, 6.07) is 4.96. The molecule has 104 valence electrons. The minimum Gasteiger partial charge on any atom is -0.483 e. The third-order valence-electron chi connectivity index (χ3n) is 2.53. The van der Waals surface area contributed by atoms with E-state index in [2.05, 4.69) is 5.32 Å². The molecule has 0 aliphatic heterocycles. The summed E-state index contributed by atoms with van der Waals surface area (Å²) in [6.45, 7) is 7.79. The number of nitro benzene ring substituents is 1. The number of nitrogens with zero attached hydrogens (tertiary/aromatic N) is 1. The van der Waals surface area contributed by atoms with Gasteiger partial charge in [-0.2, -0.15) is 0 Å². The Labute approximate surface area is 113 Å². The second-order valence-electron chi connectivity index (χ2n) is 4.43. The Balaban J connectivity index is 2.88. The molecule has 0 spiro atoms. The first-order chi connectivity index (χ1) is 9.04. The highest BCUT2D eigenvalue weighted by atomic mass is 16.6. The number of nitrogens with one attached hydrogen (secondary N) is 1. The number of nitro groups is 1. The van der Waals surface area contributed by atoms with Gasteiger partial charge in [0, 0.05) is 12.6 Å². The monoisotopic (exact) mass is 264 g/mol. The van der Waals surface area contributed by atoms with Crippen LogP contribution < -0.4 is 10.1 Å². The van der Waals surface area contributed by atoms with Crippen molar-refractivity contribution in [3.63, 3.8) is 0 Å². The van der Waals surface area contributed by atoms with Crippen molar-refractivity contribution in [1.29, 1.82) is 0 Å². The van der Waals surface area contributed by atoms with Gasteiger partial charge in [-0.15, -0.1) is 0 Å². The van der Waals surface area contributed by atoms with E-state index in [0.29, 0.717) is 18.9 Å². The van der Waals surface area contributed by atoms with Gasteiger partial charge in [0.1, 0.15) is 6.61 Å². The minimum atomic E-state index is -0.422. The third kappa shape index (κ3) is 5.09. The van der Waals surface area contributed by atoms with Crippen LogP contribution in [0.2, 0.25) is 0 Å². The fourth-order valence-electron chi connectivity index (χ4n) is 1.50. The topological polar surface area (TPSA) is 64.4 Å². The summed E-state index contributed by atoms with van der Waals surface area (Å²) in [5.41, 5.74) is 2.09. The van der Waals surface area contributed by atoms with Gasteiger partial charge in [0.05, 0.1) is 4.92 Å². The van der Waals surface area contributed by atoms with Crippen LogP contribution in [0.3, 0.4) is 0 Å². The molecule has 0 aromatic heterocycles. The zero-order valence-electron chi connectivity index (χ0n) is 11.6. The van der Waals surface area contributed by atoms with Gasteiger partial charge in [-0.1, -0.05) is 18.6 Å². The molecule has 1 N–H and O–H groups in total. The summed E-state index contributed by atoms with van der Waals surface area (Å²) in [5.74, 6) is 0.318. The lowest BCUT2D eigenvalue weighted by atomic mass is 10.2. The molecule has 0 fully saturated rings. The molecular weight excluding hydrogens is 244 g/mol.